The lowest BCUT2D eigenvalue weighted by Crippen LogP contribution is -2.46. The molecule has 6 heteroatoms. The van der Waals surface area contributed by atoms with E-state index in [-0.39, 0.29) is 6.61 Å². The number of hydrogen-bond acceptors (Lipinski definition) is 5. The van der Waals surface area contributed by atoms with Crippen molar-refractivity contribution < 1.29 is 10.2 Å². The van der Waals surface area contributed by atoms with Gasteiger partial charge in [-0.2, -0.15) is 5.10 Å². The molecule has 0 unspecified atom stereocenters. The first-order chi connectivity index (χ1) is 9.68. The largest absolute Gasteiger partial charge is 0.393 e. The zero-order valence-electron chi connectivity index (χ0n) is 11.2. The van der Waals surface area contributed by atoms with Gasteiger partial charge in [-0.1, -0.05) is 0 Å². The van der Waals surface area contributed by atoms with E-state index in [1.807, 2.05) is 6.07 Å². The number of piperidine rings is 1. The fourth-order valence-electron chi connectivity index (χ4n) is 2.51. The van der Waals surface area contributed by atoms with Gasteiger partial charge in [0.2, 0.25) is 0 Å². The highest BCUT2D eigenvalue weighted by atomic mass is 32.1. The lowest BCUT2D eigenvalue weighted by molar-refractivity contribution is -0.0605. The van der Waals surface area contributed by atoms with Gasteiger partial charge in [-0.3, -0.25) is 10.00 Å². The smallest absolute Gasteiger partial charge is 0.0901 e. The molecule has 2 aromatic rings. The minimum absolute atomic E-state index is 0.135. The summed E-state index contributed by atoms with van der Waals surface area (Å²) in [6.45, 7) is 2.42. The quantitative estimate of drug-likeness (QED) is 0.798. The second-order valence-electron chi connectivity index (χ2n) is 5.39. The molecule has 0 atom stereocenters. The van der Waals surface area contributed by atoms with Crippen molar-refractivity contribution in [2.75, 3.05) is 19.7 Å². The van der Waals surface area contributed by atoms with Gasteiger partial charge < -0.3 is 10.2 Å². The van der Waals surface area contributed by atoms with Gasteiger partial charge in [0.25, 0.3) is 0 Å². The molecule has 0 saturated carbocycles. The molecular weight excluding hydrogens is 274 g/mol. The fourth-order valence-corrected chi connectivity index (χ4v) is 3.53. The zero-order chi connectivity index (χ0) is 14.0. The van der Waals surface area contributed by atoms with Gasteiger partial charge >= 0.3 is 0 Å². The minimum atomic E-state index is -0.868. The molecule has 0 spiro atoms. The van der Waals surface area contributed by atoms with Crippen molar-refractivity contribution in [1.82, 2.24) is 15.1 Å². The van der Waals surface area contributed by atoms with Crippen LogP contribution in [0.1, 0.15) is 17.7 Å². The van der Waals surface area contributed by atoms with Gasteiger partial charge in [-0.15, -0.1) is 11.3 Å². The lowest BCUT2D eigenvalue weighted by atomic mass is 9.92. The van der Waals surface area contributed by atoms with Gasteiger partial charge in [0.15, 0.2) is 0 Å². The second kappa shape index (κ2) is 5.65. The third-order valence-corrected chi connectivity index (χ3v) is 4.99. The number of hydrogen-bond donors (Lipinski definition) is 3. The molecule has 5 nitrogen and oxygen atoms in total. The van der Waals surface area contributed by atoms with E-state index in [2.05, 4.69) is 27.2 Å². The predicted molar refractivity (Wildman–Crippen MR) is 78.4 cm³/mol. The number of aliphatic hydroxyl groups is 2. The van der Waals surface area contributed by atoms with Crippen molar-refractivity contribution >= 4 is 11.3 Å². The molecule has 1 aliphatic heterocycles. The van der Waals surface area contributed by atoms with E-state index in [0.717, 1.165) is 25.3 Å². The number of nitrogens with one attached hydrogen (secondary N) is 1. The number of likely N-dealkylation sites (tertiary alicyclic amines) is 1. The molecule has 0 bridgehead atoms. The van der Waals surface area contributed by atoms with Crippen molar-refractivity contribution in [2.45, 2.75) is 25.0 Å². The molecule has 3 heterocycles. The molecule has 108 valence electrons. The summed E-state index contributed by atoms with van der Waals surface area (Å²) in [7, 11) is 0. The molecule has 20 heavy (non-hydrogen) atoms. The predicted octanol–water partition coefficient (Wildman–Crippen LogP) is 1.46. The van der Waals surface area contributed by atoms with Gasteiger partial charge in [0.05, 0.1) is 22.8 Å². The summed E-state index contributed by atoms with van der Waals surface area (Å²) >= 11 is 1.77. The number of rotatable bonds is 4. The van der Waals surface area contributed by atoms with Gasteiger partial charge in [0.1, 0.15) is 0 Å². The Balaban J connectivity index is 1.59. The lowest BCUT2D eigenvalue weighted by Gasteiger charge is -2.36. The van der Waals surface area contributed by atoms with Crippen molar-refractivity contribution in [2.24, 2.45) is 0 Å². The van der Waals surface area contributed by atoms with Gasteiger partial charge in [0, 0.05) is 30.7 Å². The average Bonchev–Trinajstić information content (AvgIpc) is 3.12. The van der Waals surface area contributed by atoms with E-state index >= 15 is 0 Å². The maximum absolute atomic E-state index is 10.0. The third-order valence-electron chi connectivity index (χ3n) is 3.89. The number of aromatic nitrogens is 2. The Bertz CT molecular complexity index is 545. The summed E-state index contributed by atoms with van der Waals surface area (Å²) in [5.74, 6) is 0. The Labute approximate surface area is 121 Å². The van der Waals surface area contributed by atoms with Crippen LogP contribution in [-0.2, 0) is 6.54 Å². The number of aromatic amines is 1. The molecule has 0 amide bonds. The summed E-state index contributed by atoms with van der Waals surface area (Å²) in [4.78, 5) is 4.83. The minimum Gasteiger partial charge on any atom is -0.393 e. The number of aliphatic hydroxyl groups excluding tert-OH is 1. The van der Waals surface area contributed by atoms with E-state index in [1.54, 1.807) is 17.5 Å². The van der Waals surface area contributed by atoms with Crippen LogP contribution in [0.3, 0.4) is 0 Å². The first-order valence-electron chi connectivity index (χ1n) is 6.83. The molecule has 3 N–H and O–H groups in total. The van der Waals surface area contributed by atoms with E-state index < -0.39 is 5.60 Å². The van der Waals surface area contributed by atoms with Crippen LogP contribution in [0.5, 0.6) is 0 Å². The van der Waals surface area contributed by atoms with Crippen LogP contribution in [0.15, 0.2) is 24.4 Å². The molecular formula is C14H19N3O2S. The van der Waals surface area contributed by atoms with Crippen molar-refractivity contribution in [3.8, 4) is 10.6 Å². The standard InChI is InChI=1S/C14H19N3O2S/c18-10-14(19)4-7-17(8-5-14)9-11-1-2-13(20-11)12-3-6-15-16-12/h1-3,6,18-19H,4-5,7-10H2,(H,15,16). The van der Waals surface area contributed by atoms with Crippen LogP contribution in [0.4, 0.5) is 0 Å². The summed E-state index contributed by atoms with van der Waals surface area (Å²) in [5, 5.41) is 26.1. The van der Waals surface area contributed by atoms with Crippen LogP contribution in [-0.4, -0.2) is 50.6 Å². The van der Waals surface area contributed by atoms with Gasteiger partial charge in [-0.25, -0.2) is 0 Å². The van der Waals surface area contributed by atoms with E-state index in [0.29, 0.717) is 12.8 Å². The summed E-state index contributed by atoms with van der Waals surface area (Å²) < 4.78 is 0. The normalized spacial score (nSPS) is 19.3. The van der Waals surface area contributed by atoms with Crippen molar-refractivity contribution in [1.29, 1.82) is 0 Å². The zero-order valence-corrected chi connectivity index (χ0v) is 12.1. The maximum Gasteiger partial charge on any atom is 0.0901 e. The molecule has 0 aromatic carbocycles. The van der Waals surface area contributed by atoms with Crippen LogP contribution in [0.2, 0.25) is 0 Å². The Hall–Kier alpha value is -1.21. The first kappa shape index (κ1) is 13.8. The van der Waals surface area contributed by atoms with Crippen LogP contribution < -0.4 is 0 Å². The molecule has 2 aromatic heterocycles. The number of thiophene rings is 1. The maximum atomic E-state index is 10.0. The van der Waals surface area contributed by atoms with Gasteiger partial charge in [-0.05, 0) is 31.0 Å². The average molecular weight is 293 g/mol. The van der Waals surface area contributed by atoms with Crippen molar-refractivity contribution in [3.63, 3.8) is 0 Å². The third kappa shape index (κ3) is 2.93. The highest BCUT2D eigenvalue weighted by Gasteiger charge is 2.31. The SMILES string of the molecule is OCC1(O)CCN(Cc2ccc(-c3ccn[nH]3)s2)CC1. The topological polar surface area (TPSA) is 72.4 Å². The molecule has 3 rings (SSSR count). The Morgan fingerprint density at radius 1 is 1.30 bits per heavy atom. The van der Waals surface area contributed by atoms with E-state index in [9.17, 15) is 5.11 Å². The summed E-state index contributed by atoms with van der Waals surface area (Å²) in [6, 6.07) is 6.23. The van der Waals surface area contributed by atoms with Crippen molar-refractivity contribution in [3.05, 3.63) is 29.3 Å². The van der Waals surface area contributed by atoms with Crippen LogP contribution in [0, 0.1) is 0 Å². The fraction of sp³-hybridized carbons (Fsp3) is 0.500. The number of H-pyrrole nitrogens is 1. The monoisotopic (exact) mass is 293 g/mol. The molecule has 0 radical (unpaired) electrons. The number of nitrogens with zero attached hydrogens (tertiary/aromatic N) is 2. The molecule has 1 fully saturated rings. The summed E-state index contributed by atoms with van der Waals surface area (Å²) in [6.07, 6.45) is 3.04. The molecule has 1 saturated heterocycles. The van der Waals surface area contributed by atoms with E-state index in [1.165, 1.54) is 9.75 Å². The highest BCUT2D eigenvalue weighted by Crippen LogP contribution is 2.29. The van der Waals surface area contributed by atoms with Crippen LogP contribution >= 0.6 is 11.3 Å². The van der Waals surface area contributed by atoms with Crippen LogP contribution in [0.25, 0.3) is 10.6 Å². The molecule has 0 aliphatic carbocycles. The Morgan fingerprint density at radius 3 is 2.75 bits per heavy atom. The Kier molecular flexibility index (Phi) is 3.89. The summed E-state index contributed by atoms with van der Waals surface area (Å²) in [5.41, 5.74) is 0.182. The first-order valence-corrected chi connectivity index (χ1v) is 7.64. The molecule has 1 aliphatic rings. The Morgan fingerprint density at radius 2 is 2.10 bits per heavy atom. The second-order valence-corrected chi connectivity index (χ2v) is 6.56. The van der Waals surface area contributed by atoms with E-state index in [4.69, 9.17) is 5.11 Å². The highest BCUT2D eigenvalue weighted by molar-refractivity contribution is 7.15.